The van der Waals surface area contributed by atoms with Gasteiger partial charge in [0.1, 0.15) is 5.82 Å². The van der Waals surface area contributed by atoms with Gasteiger partial charge in [-0.1, -0.05) is 0 Å². The van der Waals surface area contributed by atoms with Crippen LogP contribution in [0.4, 0.5) is 5.82 Å². The molecule has 132 valence electrons. The molecule has 1 atom stereocenters. The third-order valence-electron chi connectivity index (χ3n) is 4.54. The lowest BCUT2D eigenvalue weighted by Crippen LogP contribution is -2.55. The van der Waals surface area contributed by atoms with E-state index in [1.807, 2.05) is 11.8 Å². The number of carbonyl (C=O) groups is 1. The highest BCUT2D eigenvalue weighted by atomic mass is 16.3. The van der Waals surface area contributed by atoms with E-state index in [9.17, 15) is 9.90 Å². The van der Waals surface area contributed by atoms with Crippen LogP contribution >= 0.6 is 0 Å². The molecular weight excluding hydrogens is 318 g/mol. The van der Waals surface area contributed by atoms with Gasteiger partial charge in [-0.15, -0.1) is 0 Å². The number of aliphatic hydroxyl groups is 1. The molecule has 0 aromatic carbocycles. The molecule has 0 unspecified atom stereocenters. The van der Waals surface area contributed by atoms with Gasteiger partial charge < -0.3 is 14.9 Å². The van der Waals surface area contributed by atoms with Crippen LogP contribution in [0.2, 0.25) is 0 Å². The number of pyridine rings is 1. The molecule has 1 saturated heterocycles. The summed E-state index contributed by atoms with van der Waals surface area (Å²) < 4.78 is 0. The second kappa shape index (κ2) is 7.14. The second-order valence-electron chi connectivity index (χ2n) is 6.61. The van der Waals surface area contributed by atoms with Crippen molar-refractivity contribution >= 4 is 11.7 Å². The van der Waals surface area contributed by atoms with Crippen LogP contribution in [0.15, 0.2) is 36.9 Å². The summed E-state index contributed by atoms with van der Waals surface area (Å²) in [7, 11) is 1.72. The molecule has 1 fully saturated rings. The summed E-state index contributed by atoms with van der Waals surface area (Å²) in [6, 6.07) is 3.51. The summed E-state index contributed by atoms with van der Waals surface area (Å²) in [5.74, 6) is 0.619. The van der Waals surface area contributed by atoms with Gasteiger partial charge in [0.15, 0.2) is 0 Å². The summed E-state index contributed by atoms with van der Waals surface area (Å²) in [5, 5.41) is 11.0. The standard InChI is InChI=1S/C18H23N5O2/c1-14-15(5-3-7-20-14)17(24)22(2)12-18(25)6-4-10-23(13-18)16-11-19-8-9-21-16/h3,5,7-9,11,25H,4,6,10,12-13H2,1-2H3/t18-/m1/s1. The van der Waals surface area contributed by atoms with Crippen molar-refractivity contribution in [1.82, 2.24) is 19.9 Å². The van der Waals surface area contributed by atoms with Gasteiger partial charge in [0.25, 0.3) is 5.91 Å². The number of nitrogens with zero attached hydrogens (tertiary/aromatic N) is 5. The Labute approximate surface area is 147 Å². The number of aryl methyl sites for hydroxylation is 1. The monoisotopic (exact) mass is 341 g/mol. The number of piperidine rings is 1. The third-order valence-corrected chi connectivity index (χ3v) is 4.54. The Morgan fingerprint density at radius 3 is 2.92 bits per heavy atom. The number of likely N-dealkylation sites (N-methyl/N-ethyl adjacent to an activating group) is 1. The average molecular weight is 341 g/mol. The van der Waals surface area contributed by atoms with E-state index in [2.05, 4.69) is 15.0 Å². The quantitative estimate of drug-likeness (QED) is 0.902. The molecule has 0 spiro atoms. The maximum atomic E-state index is 12.7. The highest BCUT2D eigenvalue weighted by Gasteiger charge is 2.36. The van der Waals surface area contributed by atoms with E-state index in [0.717, 1.165) is 18.8 Å². The van der Waals surface area contributed by atoms with E-state index in [-0.39, 0.29) is 12.5 Å². The molecule has 25 heavy (non-hydrogen) atoms. The molecule has 2 aromatic heterocycles. The zero-order chi connectivity index (χ0) is 17.9. The molecule has 0 aliphatic carbocycles. The predicted octanol–water partition coefficient (Wildman–Crippen LogP) is 1.28. The fraction of sp³-hybridized carbons (Fsp3) is 0.444. The molecule has 3 heterocycles. The van der Waals surface area contributed by atoms with Crippen molar-refractivity contribution in [2.45, 2.75) is 25.4 Å². The fourth-order valence-electron chi connectivity index (χ4n) is 3.32. The number of β-amino-alcohol motifs (C(OH)–C–C–N with tert-alkyl or cyclic N) is 1. The van der Waals surface area contributed by atoms with E-state index in [4.69, 9.17) is 0 Å². The van der Waals surface area contributed by atoms with Crippen LogP contribution in [-0.2, 0) is 0 Å². The molecule has 0 radical (unpaired) electrons. The molecule has 1 aliphatic rings. The van der Waals surface area contributed by atoms with Crippen molar-refractivity contribution in [3.05, 3.63) is 48.2 Å². The molecule has 0 bridgehead atoms. The van der Waals surface area contributed by atoms with E-state index >= 15 is 0 Å². The number of hydrogen-bond acceptors (Lipinski definition) is 6. The van der Waals surface area contributed by atoms with Crippen LogP contribution < -0.4 is 4.90 Å². The molecule has 1 aliphatic heterocycles. The van der Waals surface area contributed by atoms with Crippen LogP contribution in [0, 0.1) is 6.92 Å². The largest absolute Gasteiger partial charge is 0.386 e. The highest BCUT2D eigenvalue weighted by molar-refractivity contribution is 5.95. The first-order valence-electron chi connectivity index (χ1n) is 8.39. The van der Waals surface area contributed by atoms with Gasteiger partial charge >= 0.3 is 0 Å². The van der Waals surface area contributed by atoms with Gasteiger partial charge in [-0.2, -0.15) is 0 Å². The summed E-state index contributed by atoms with van der Waals surface area (Å²) in [4.78, 5) is 28.8. The number of aromatic nitrogens is 3. The molecule has 7 nitrogen and oxygen atoms in total. The smallest absolute Gasteiger partial charge is 0.255 e. The maximum Gasteiger partial charge on any atom is 0.255 e. The Bertz CT molecular complexity index is 739. The minimum absolute atomic E-state index is 0.129. The van der Waals surface area contributed by atoms with Crippen molar-refractivity contribution in [3.8, 4) is 0 Å². The van der Waals surface area contributed by atoms with Crippen LogP contribution in [0.3, 0.4) is 0 Å². The lowest BCUT2D eigenvalue weighted by molar-refractivity contribution is -0.000181. The number of amides is 1. The molecule has 0 saturated carbocycles. The van der Waals surface area contributed by atoms with Crippen LogP contribution in [-0.4, -0.2) is 63.1 Å². The summed E-state index contributed by atoms with van der Waals surface area (Å²) in [5.41, 5.74) is 0.280. The van der Waals surface area contributed by atoms with Gasteiger partial charge in [0, 0.05) is 44.4 Å². The molecule has 7 heteroatoms. The van der Waals surface area contributed by atoms with E-state index in [1.165, 1.54) is 0 Å². The molecule has 1 amide bonds. The van der Waals surface area contributed by atoms with Crippen molar-refractivity contribution in [2.75, 3.05) is 31.6 Å². The lowest BCUT2D eigenvalue weighted by Gasteiger charge is -2.41. The fourth-order valence-corrected chi connectivity index (χ4v) is 3.32. The average Bonchev–Trinajstić information content (AvgIpc) is 2.62. The predicted molar refractivity (Wildman–Crippen MR) is 94.4 cm³/mol. The van der Waals surface area contributed by atoms with Crippen molar-refractivity contribution in [1.29, 1.82) is 0 Å². The number of hydrogen-bond donors (Lipinski definition) is 1. The summed E-state index contributed by atoms with van der Waals surface area (Å²) in [6.45, 7) is 3.32. The van der Waals surface area contributed by atoms with Crippen LogP contribution in [0.25, 0.3) is 0 Å². The topological polar surface area (TPSA) is 82.5 Å². The molecule has 3 rings (SSSR count). The number of anilines is 1. The Balaban J connectivity index is 1.70. The van der Waals surface area contributed by atoms with Crippen LogP contribution in [0.5, 0.6) is 0 Å². The highest BCUT2D eigenvalue weighted by Crippen LogP contribution is 2.25. The van der Waals surface area contributed by atoms with E-state index in [1.54, 1.807) is 48.9 Å². The summed E-state index contributed by atoms with van der Waals surface area (Å²) >= 11 is 0. The van der Waals surface area contributed by atoms with Crippen LogP contribution in [0.1, 0.15) is 28.9 Å². The molecule has 2 aromatic rings. The second-order valence-corrected chi connectivity index (χ2v) is 6.61. The van der Waals surface area contributed by atoms with Gasteiger partial charge in [0.2, 0.25) is 0 Å². The van der Waals surface area contributed by atoms with Crippen molar-refractivity contribution in [3.63, 3.8) is 0 Å². The number of rotatable bonds is 4. The molecular formula is C18H23N5O2. The van der Waals surface area contributed by atoms with Gasteiger partial charge in [-0.05, 0) is 31.9 Å². The minimum atomic E-state index is -0.976. The first-order valence-corrected chi connectivity index (χ1v) is 8.39. The van der Waals surface area contributed by atoms with Crippen molar-refractivity contribution < 1.29 is 9.90 Å². The van der Waals surface area contributed by atoms with E-state index < -0.39 is 5.60 Å². The summed E-state index contributed by atoms with van der Waals surface area (Å²) in [6.07, 6.45) is 8.11. The Morgan fingerprint density at radius 2 is 2.20 bits per heavy atom. The first-order chi connectivity index (χ1) is 12.0. The van der Waals surface area contributed by atoms with Gasteiger partial charge in [-0.3, -0.25) is 14.8 Å². The molecule has 1 N–H and O–H groups in total. The minimum Gasteiger partial charge on any atom is -0.386 e. The Hall–Kier alpha value is -2.54. The van der Waals surface area contributed by atoms with E-state index in [0.29, 0.717) is 24.2 Å². The van der Waals surface area contributed by atoms with Crippen molar-refractivity contribution in [2.24, 2.45) is 0 Å². The zero-order valence-corrected chi connectivity index (χ0v) is 14.6. The zero-order valence-electron chi connectivity index (χ0n) is 14.6. The van der Waals surface area contributed by atoms with Gasteiger partial charge in [-0.25, -0.2) is 4.98 Å². The first kappa shape index (κ1) is 17.3. The lowest BCUT2D eigenvalue weighted by atomic mass is 9.92. The number of carbonyl (C=O) groups excluding carboxylic acids is 1. The Morgan fingerprint density at radius 1 is 1.36 bits per heavy atom. The maximum absolute atomic E-state index is 12.7. The normalized spacial score (nSPS) is 20.4. The van der Waals surface area contributed by atoms with Gasteiger partial charge in [0.05, 0.1) is 23.9 Å². The third kappa shape index (κ3) is 3.93. The SMILES string of the molecule is Cc1ncccc1C(=O)N(C)C[C@]1(O)CCCN(c2cnccn2)C1. The Kier molecular flexibility index (Phi) is 4.94.